The zero-order valence-electron chi connectivity index (χ0n) is 63.9. The van der Waals surface area contributed by atoms with Crippen LogP contribution >= 0.6 is 45.2 Å². The number of carbonyl (C=O) groups excluding carboxylic acids is 2. The summed E-state index contributed by atoms with van der Waals surface area (Å²) in [6.45, 7) is 2.86. The smallest absolute Gasteiger partial charge is 0.373 e. The minimum Gasteiger partial charge on any atom is -0.493 e. The van der Waals surface area contributed by atoms with E-state index in [4.69, 9.17) is 85.8 Å². The monoisotopic (exact) mass is 1790 g/mol. The Balaban J connectivity index is 0.000000122. The minimum absolute atomic E-state index is 0.0247. The number of nitrogens with zero attached hydrogens (tertiary/aromatic N) is 5. The topological polar surface area (TPSA) is 316 Å². The van der Waals surface area contributed by atoms with Crippen LogP contribution in [0.2, 0.25) is 0 Å². The van der Waals surface area contributed by atoms with Gasteiger partial charge in [0.15, 0.2) is 92.0 Å². The number of benzene rings is 8. The first-order valence-electron chi connectivity index (χ1n) is 36.2. The fourth-order valence-corrected chi connectivity index (χ4v) is 16.3. The molecular formula is C87H73I2N5O22. The molecule has 0 amide bonds. The lowest BCUT2D eigenvalue weighted by Crippen LogP contribution is -2.16. The maximum Gasteiger partial charge on any atom is 0.373 e. The number of ether oxygens (including phenoxy) is 17. The molecule has 0 saturated heterocycles. The van der Waals surface area contributed by atoms with Crippen LogP contribution in [0.15, 0.2) is 134 Å². The highest BCUT2D eigenvalue weighted by molar-refractivity contribution is 14.1. The van der Waals surface area contributed by atoms with Gasteiger partial charge in [0, 0.05) is 118 Å². The number of pyridine rings is 4. The number of esters is 1. The van der Waals surface area contributed by atoms with E-state index < -0.39 is 11.9 Å². The highest BCUT2D eigenvalue weighted by Crippen LogP contribution is 2.52. The molecule has 0 bridgehead atoms. The van der Waals surface area contributed by atoms with Crippen molar-refractivity contribution in [2.45, 2.75) is 38.0 Å². The molecule has 592 valence electrons. The molecule has 6 aliphatic rings. The van der Waals surface area contributed by atoms with Crippen molar-refractivity contribution < 1.29 is 105 Å². The van der Waals surface area contributed by atoms with Gasteiger partial charge in [0.05, 0.1) is 109 Å². The number of aliphatic hydroxyl groups excluding tert-OH is 1. The second-order valence-corrected chi connectivity index (χ2v) is 28.8. The molecule has 2 aliphatic carbocycles. The number of carbonyl (C=O) groups is 2. The van der Waals surface area contributed by atoms with Crippen molar-refractivity contribution >= 4 is 124 Å². The molecule has 0 radical (unpaired) electrons. The third kappa shape index (κ3) is 15.2. The van der Waals surface area contributed by atoms with Crippen molar-refractivity contribution in [3.63, 3.8) is 0 Å². The third-order valence-electron chi connectivity index (χ3n) is 20.4. The highest BCUT2D eigenvalue weighted by Gasteiger charge is 2.33. The predicted octanol–water partition coefficient (Wildman–Crippen LogP) is 16.3. The molecule has 0 spiro atoms. The summed E-state index contributed by atoms with van der Waals surface area (Å²) in [4.78, 5) is 47.6. The molecule has 27 nitrogen and oxygen atoms in total. The van der Waals surface area contributed by atoms with Gasteiger partial charge in [-0.3, -0.25) is 24.8 Å². The number of methoxy groups -OCH3 is 8. The fourth-order valence-electron chi connectivity index (χ4n) is 14.8. The molecular weight excluding hydrogens is 1720 g/mol. The summed E-state index contributed by atoms with van der Waals surface area (Å²) >= 11 is 4.25. The molecule has 8 aromatic carbocycles. The first-order chi connectivity index (χ1) is 56.6. The predicted molar refractivity (Wildman–Crippen MR) is 444 cm³/mol. The summed E-state index contributed by atoms with van der Waals surface area (Å²) in [6.07, 6.45) is 12.4. The van der Waals surface area contributed by atoms with Crippen molar-refractivity contribution in [3.05, 3.63) is 186 Å². The van der Waals surface area contributed by atoms with Crippen LogP contribution in [0, 0.1) is 18.5 Å². The van der Waals surface area contributed by atoms with Crippen molar-refractivity contribution in [1.29, 1.82) is 5.26 Å². The first-order valence-corrected chi connectivity index (χ1v) is 38.3. The van der Waals surface area contributed by atoms with Gasteiger partial charge in [-0.2, -0.15) is 10.5 Å². The second kappa shape index (κ2) is 34.3. The molecule has 29 heteroatoms. The Morgan fingerprint density at radius 1 is 0.448 bits per heavy atom. The quantitative estimate of drug-likeness (QED) is 0.0281. The van der Waals surface area contributed by atoms with E-state index in [-0.39, 0.29) is 57.8 Å². The Hall–Kier alpha value is -12.5. The molecule has 2 N–H and O–H groups in total. The van der Waals surface area contributed by atoms with E-state index >= 15 is 0 Å². The Kier molecular flexibility index (Phi) is 23.3. The van der Waals surface area contributed by atoms with E-state index in [1.54, 1.807) is 111 Å². The van der Waals surface area contributed by atoms with E-state index in [2.05, 4.69) is 76.1 Å². The molecule has 4 aromatic heterocycles. The summed E-state index contributed by atoms with van der Waals surface area (Å²) in [7, 11) is 12.6. The van der Waals surface area contributed by atoms with Gasteiger partial charge < -0.3 is 85.6 Å². The second-order valence-electron chi connectivity index (χ2n) is 26.5. The van der Waals surface area contributed by atoms with E-state index in [1.807, 2.05) is 85.2 Å². The molecule has 4 aliphatic heterocycles. The maximum absolute atomic E-state index is 13.0. The van der Waals surface area contributed by atoms with Crippen LogP contribution in [0.25, 0.3) is 89.2 Å². The number of halogens is 2. The molecule has 8 heterocycles. The Labute approximate surface area is 691 Å². The molecule has 2 unspecified atom stereocenters. The molecule has 0 fully saturated rings. The van der Waals surface area contributed by atoms with E-state index in [1.165, 1.54) is 19.8 Å². The lowest BCUT2D eigenvalue weighted by Gasteiger charge is -2.28. The Morgan fingerprint density at radius 2 is 0.784 bits per heavy atom. The Morgan fingerprint density at radius 3 is 1.16 bits per heavy atom. The normalized spacial score (nSPS) is 14.5. The van der Waals surface area contributed by atoms with Crippen LogP contribution in [-0.2, 0) is 32.1 Å². The van der Waals surface area contributed by atoms with E-state index in [0.717, 1.165) is 116 Å². The zero-order valence-corrected chi connectivity index (χ0v) is 68.2. The van der Waals surface area contributed by atoms with Crippen LogP contribution < -0.4 is 75.8 Å². The third-order valence-corrected chi connectivity index (χ3v) is 22.2. The molecule has 2 atom stereocenters. The number of fused-ring (bicyclic) bond motifs is 16. The number of rotatable bonds is 17. The van der Waals surface area contributed by atoms with Crippen LogP contribution in [0.4, 0.5) is 0 Å². The van der Waals surface area contributed by atoms with Gasteiger partial charge in [0.2, 0.25) is 27.2 Å². The van der Waals surface area contributed by atoms with Gasteiger partial charge in [0.1, 0.15) is 0 Å². The van der Waals surface area contributed by atoms with Crippen molar-refractivity contribution in [2.24, 2.45) is 0 Å². The number of nitriles is 1. The summed E-state index contributed by atoms with van der Waals surface area (Å²) in [5.74, 6) is 8.83. The van der Waals surface area contributed by atoms with Gasteiger partial charge in [0.25, 0.3) is 0 Å². The minimum atomic E-state index is -0.911. The van der Waals surface area contributed by atoms with Gasteiger partial charge in [-0.05, 0) is 207 Å². The van der Waals surface area contributed by atoms with Crippen molar-refractivity contribution in [2.75, 3.05) is 97.3 Å². The van der Waals surface area contributed by atoms with Crippen molar-refractivity contribution in [1.82, 2.24) is 19.9 Å². The summed E-state index contributed by atoms with van der Waals surface area (Å²) in [5, 5.41) is 32.2. The molecule has 116 heavy (non-hydrogen) atoms. The standard InChI is InChI=1S/C23H20INO6.C22H18N2O4.C21H16INO7.C21H19NO5/c1-4-29-23(26)16(15-9-19(27-2)20(28-3)10-17(15)24)7-13-5-6-25-18-11-22-21(8-14(13)18)30-12-31-22;1-25-19-6-13-12(3-4-23)5-14-16-8-21-22(28-11-27-21)9-18(16)24-10-17(14)15(13)7-20(19)26-2;1-26-17-7-13(15(22)8-18(17)27-2)14(21(24)30-25)5-11-3-4-23-16-9-20-19(6-12(11)16)28-10-29-20;1-24-18-4-12-11(9-23)3-13-15-6-20-21(27-10-26-20)7-17(15)22-8-16(13)14(12)5-19(18)25-2/h5-11H,4,12H2,1-3H3;6-10,12H,3,5,11H2,1-2H3;3-9,25H,10H2,1-2H3;4-8,11,23H,3,9-10H2,1-2H3/b16-7+;;14-5+;. The van der Waals surface area contributed by atoms with Crippen LogP contribution in [-0.4, -0.2) is 140 Å². The van der Waals surface area contributed by atoms with Crippen molar-refractivity contribution in [3.8, 4) is 120 Å². The van der Waals surface area contributed by atoms with Gasteiger partial charge in [-0.15, -0.1) is 0 Å². The number of aromatic nitrogens is 4. The highest BCUT2D eigenvalue weighted by atomic mass is 127. The average Bonchev–Trinajstić information content (AvgIpc) is 0.810. The summed E-state index contributed by atoms with van der Waals surface area (Å²) in [6, 6.07) is 35.9. The van der Waals surface area contributed by atoms with Crippen LogP contribution in [0.5, 0.6) is 92.0 Å². The summed E-state index contributed by atoms with van der Waals surface area (Å²) in [5.41, 5.74) is 15.0. The lowest BCUT2D eigenvalue weighted by molar-refractivity contribution is -0.226. The largest absolute Gasteiger partial charge is 0.493 e. The first kappa shape index (κ1) is 78.8. The van der Waals surface area contributed by atoms with Gasteiger partial charge in [-0.25, -0.2) is 9.59 Å². The summed E-state index contributed by atoms with van der Waals surface area (Å²) < 4.78 is 94.2. The SMILES string of the molecule is CCOC(=O)/C(=C/c1ccnc2cc3c(cc12)OCO3)c1cc(OC)c(OC)cc1I.COc1cc(I)c(/C(=C\c2ccnc3cc4c(cc23)OCO4)C(=O)OO)cc1OC.COc1cc2c(cc1OC)C(CC#N)Cc1c-2cnc2cc3c(cc12)OCO3.COc1cc2c(cc1OC)C(CO)Cc1c-2cnc2cc3c(cc12)OCO3. The van der Waals surface area contributed by atoms with E-state index in [9.17, 15) is 20.0 Å². The van der Waals surface area contributed by atoms with E-state index in [0.29, 0.717) is 113 Å². The number of aliphatic hydroxyl groups is 1. The van der Waals surface area contributed by atoms with Gasteiger partial charge in [-0.1, -0.05) is 0 Å². The molecule has 0 saturated carbocycles. The zero-order chi connectivity index (χ0) is 81.0. The molecule has 12 aromatic rings. The molecule has 18 rings (SSSR count). The number of hydrogen-bond donors (Lipinski definition) is 2. The van der Waals surface area contributed by atoms with Crippen LogP contribution in [0.1, 0.15) is 69.7 Å². The average molecular weight is 1790 g/mol. The lowest BCUT2D eigenvalue weighted by atomic mass is 9.76. The Bertz CT molecular complexity index is 6030. The number of hydrogen-bond acceptors (Lipinski definition) is 27. The van der Waals surface area contributed by atoms with Gasteiger partial charge >= 0.3 is 11.9 Å². The van der Waals surface area contributed by atoms with Crippen LogP contribution in [0.3, 0.4) is 0 Å². The maximum atomic E-state index is 13.0. The fraction of sp³-hybridized carbons (Fsp3) is 0.230.